The summed E-state index contributed by atoms with van der Waals surface area (Å²) in [6.07, 6.45) is -6.88. The molecule has 9 atom stereocenters. The summed E-state index contributed by atoms with van der Waals surface area (Å²) in [7, 11) is 0. The van der Waals surface area contributed by atoms with E-state index in [1.807, 2.05) is 0 Å². The van der Waals surface area contributed by atoms with E-state index in [4.69, 9.17) is 26.7 Å². The molecule has 10 N–H and O–H groups in total. The molecule has 0 saturated carbocycles. The number of amides is 2. The van der Waals surface area contributed by atoms with E-state index in [0.29, 0.717) is 0 Å². The van der Waals surface area contributed by atoms with Crippen molar-refractivity contribution in [2.45, 2.75) is 76.0 Å². The zero-order valence-corrected chi connectivity index (χ0v) is 18.7. The van der Waals surface area contributed by atoms with Crippen LogP contribution in [0.2, 0.25) is 0 Å². The number of hydrogen-bond acceptors (Lipinski definition) is 11. The second-order valence-corrected chi connectivity index (χ2v) is 8.16. The Kier molecular flexibility index (Phi) is 10.8. The molecule has 0 spiro atoms. The molecule has 0 aromatic carbocycles. The van der Waals surface area contributed by atoms with Gasteiger partial charge in [-0.25, -0.2) is 0 Å². The summed E-state index contributed by atoms with van der Waals surface area (Å²) >= 11 is 0. The van der Waals surface area contributed by atoms with Crippen LogP contribution in [0.25, 0.3) is 0 Å². The van der Waals surface area contributed by atoms with Crippen molar-refractivity contribution in [3.05, 3.63) is 0 Å². The second kappa shape index (κ2) is 12.3. The van der Waals surface area contributed by atoms with Crippen molar-refractivity contribution in [3.63, 3.8) is 0 Å². The van der Waals surface area contributed by atoms with Crippen LogP contribution in [0.4, 0.5) is 0 Å². The van der Waals surface area contributed by atoms with Gasteiger partial charge in [-0.15, -0.1) is 0 Å². The number of carbonyl (C=O) groups is 4. The first-order valence-corrected chi connectivity index (χ1v) is 10.3. The molecule has 1 aliphatic rings. The fourth-order valence-electron chi connectivity index (χ4n) is 3.56. The van der Waals surface area contributed by atoms with Gasteiger partial charge in [0, 0.05) is 6.54 Å². The number of nitrogens with two attached hydrogens (primary N) is 3. The third kappa shape index (κ3) is 7.40. The lowest BCUT2D eigenvalue weighted by molar-refractivity contribution is -0.263. The molecule has 2 amide bonds. The fraction of sp³-hybridized carbons (Fsp3) is 0.789. The third-order valence-corrected chi connectivity index (χ3v) is 5.39. The van der Waals surface area contributed by atoms with Crippen LogP contribution in [0.5, 0.6) is 0 Å². The number of rotatable bonds is 12. The van der Waals surface area contributed by atoms with Crippen LogP contribution in [0.15, 0.2) is 0 Å². The highest BCUT2D eigenvalue weighted by molar-refractivity contribution is 5.98. The Morgan fingerprint density at radius 1 is 1.18 bits per heavy atom. The molecule has 14 nitrogen and oxygen atoms in total. The average Bonchev–Trinajstić information content (AvgIpc) is 2.71. The monoisotopic (exact) mass is 478 g/mol. The van der Waals surface area contributed by atoms with E-state index < -0.39 is 91.3 Å². The second-order valence-electron chi connectivity index (χ2n) is 8.16. The van der Waals surface area contributed by atoms with Gasteiger partial charge in [0.25, 0.3) is 0 Å². The van der Waals surface area contributed by atoms with Gasteiger partial charge in [-0.05, 0) is 27.2 Å². The summed E-state index contributed by atoms with van der Waals surface area (Å²) in [5.41, 5.74) is 16.9. The molecule has 0 aromatic heterocycles. The highest BCUT2D eigenvalue weighted by Gasteiger charge is 2.45. The van der Waals surface area contributed by atoms with Gasteiger partial charge in [-0.3, -0.25) is 19.2 Å². The first-order valence-electron chi connectivity index (χ1n) is 10.3. The summed E-state index contributed by atoms with van der Waals surface area (Å²) in [6, 6.07) is -3.80. The van der Waals surface area contributed by atoms with Crippen molar-refractivity contribution in [1.82, 2.24) is 4.90 Å². The minimum atomic E-state index is -1.59. The minimum Gasteiger partial charge on any atom is -0.481 e. The van der Waals surface area contributed by atoms with Crippen LogP contribution in [0.1, 0.15) is 27.2 Å². The third-order valence-electron chi connectivity index (χ3n) is 5.39. The number of carbonyl (C=O) groups excluding carboxylic acids is 3. The summed E-state index contributed by atoms with van der Waals surface area (Å²) in [5, 5.41) is 38.9. The number of ether oxygens (including phenoxy) is 2. The predicted molar refractivity (Wildman–Crippen MR) is 111 cm³/mol. The lowest BCUT2D eigenvalue weighted by Crippen LogP contribution is -2.64. The van der Waals surface area contributed by atoms with Crippen molar-refractivity contribution >= 4 is 23.6 Å². The first kappa shape index (κ1) is 28.8. The maximum atomic E-state index is 12.8. The first-order chi connectivity index (χ1) is 15.2. The van der Waals surface area contributed by atoms with Crippen LogP contribution in [0, 0.1) is 5.92 Å². The fourth-order valence-corrected chi connectivity index (χ4v) is 3.56. The molecule has 0 bridgehead atoms. The predicted octanol–water partition coefficient (Wildman–Crippen LogP) is -4.13. The SMILES string of the molecule is CC(=O)C(C[C@@H](C(N)=O)N(CC(C)O[C@@H]1[C@@H](N)[C@@H](O)O[C@H](CO)[C@H]1O)C(=O)[C@H](C)N)C(=O)O. The van der Waals surface area contributed by atoms with Gasteiger partial charge < -0.3 is 52.0 Å². The van der Waals surface area contributed by atoms with Crippen molar-refractivity contribution < 1.29 is 49.1 Å². The number of aliphatic hydroxyl groups is 3. The molecular formula is C19H34N4O10. The summed E-state index contributed by atoms with van der Waals surface area (Å²) in [6.45, 7) is 2.89. The maximum absolute atomic E-state index is 12.8. The Labute approximate surface area is 190 Å². The van der Waals surface area contributed by atoms with Crippen LogP contribution in [-0.2, 0) is 28.7 Å². The Morgan fingerprint density at radius 3 is 2.18 bits per heavy atom. The van der Waals surface area contributed by atoms with E-state index in [9.17, 15) is 39.6 Å². The molecule has 1 heterocycles. The van der Waals surface area contributed by atoms with Gasteiger partial charge in [0.2, 0.25) is 11.8 Å². The number of hydrogen-bond donors (Lipinski definition) is 7. The van der Waals surface area contributed by atoms with Gasteiger partial charge in [0.05, 0.1) is 24.8 Å². The zero-order valence-electron chi connectivity index (χ0n) is 18.7. The summed E-state index contributed by atoms with van der Waals surface area (Å²) < 4.78 is 10.7. The van der Waals surface area contributed by atoms with Crippen molar-refractivity contribution in [1.29, 1.82) is 0 Å². The average molecular weight is 478 g/mol. The molecule has 190 valence electrons. The van der Waals surface area contributed by atoms with Gasteiger partial charge >= 0.3 is 5.97 Å². The maximum Gasteiger partial charge on any atom is 0.314 e. The molecule has 0 aromatic rings. The highest BCUT2D eigenvalue weighted by Crippen LogP contribution is 2.23. The molecule has 0 radical (unpaired) electrons. The molecule has 1 saturated heterocycles. The Hall–Kier alpha value is -2.20. The van der Waals surface area contributed by atoms with Crippen LogP contribution < -0.4 is 17.2 Å². The Bertz CT molecular complexity index is 707. The Morgan fingerprint density at radius 2 is 1.76 bits per heavy atom. The number of aliphatic carboxylic acids is 1. The van der Waals surface area contributed by atoms with Crippen LogP contribution in [-0.4, -0.2) is 111 Å². The lowest BCUT2D eigenvalue weighted by atomic mass is 9.94. The molecule has 14 heteroatoms. The largest absolute Gasteiger partial charge is 0.481 e. The number of aliphatic hydroxyl groups excluding tert-OH is 3. The highest BCUT2D eigenvalue weighted by atomic mass is 16.6. The summed E-state index contributed by atoms with van der Waals surface area (Å²) in [4.78, 5) is 49.0. The number of ketones is 1. The Balaban J connectivity index is 3.15. The normalized spacial score (nSPS) is 28.9. The molecular weight excluding hydrogens is 444 g/mol. The lowest BCUT2D eigenvalue weighted by Gasteiger charge is -2.42. The van der Waals surface area contributed by atoms with Gasteiger partial charge in [0.1, 0.15) is 36.1 Å². The van der Waals surface area contributed by atoms with Crippen LogP contribution in [0.3, 0.4) is 0 Å². The van der Waals surface area contributed by atoms with E-state index in [1.165, 1.54) is 13.8 Å². The number of Topliss-reactive ketones (excluding diaryl/α,β-unsaturated/α-hetero) is 1. The molecule has 33 heavy (non-hydrogen) atoms. The standard InChI is InChI=1S/C19H34N4O10/c1-7(32-15-13(21)19(31)33-12(6-24)14(15)26)5-23(17(28)8(2)20)11(16(22)27)4-10(9(3)25)18(29)30/h7-8,10-15,19,24,26,31H,4-6,20-21H2,1-3H3,(H2,22,27)(H,29,30)/t7?,8-,10?,11-,12+,13+,14+,15+,19-/m0/s1. The van der Waals surface area contributed by atoms with Crippen molar-refractivity contribution in [3.8, 4) is 0 Å². The smallest absolute Gasteiger partial charge is 0.314 e. The topological polar surface area (TPSA) is 249 Å². The van der Waals surface area contributed by atoms with Crippen molar-refractivity contribution in [2.75, 3.05) is 13.2 Å². The van der Waals surface area contributed by atoms with E-state index in [2.05, 4.69) is 0 Å². The van der Waals surface area contributed by atoms with Gasteiger partial charge in [-0.2, -0.15) is 0 Å². The molecule has 1 fully saturated rings. The van der Waals surface area contributed by atoms with Crippen molar-refractivity contribution in [2.24, 2.45) is 23.1 Å². The van der Waals surface area contributed by atoms with E-state index in [1.54, 1.807) is 0 Å². The minimum absolute atomic E-state index is 0.338. The van der Waals surface area contributed by atoms with E-state index >= 15 is 0 Å². The van der Waals surface area contributed by atoms with E-state index in [0.717, 1.165) is 11.8 Å². The quantitative estimate of drug-likeness (QED) is 0.132. The molecule has 0 aliphatic carbocycles. The van der Waals surface area contributed by atoms with Crippen LogP contribution >= 0.6 is 0 Å². The molecule has 2 unspecified atom stereocenters. The number of primary amides is 1. The summed E-state index contributed by atoms with van der Waals surface area (Å²) in [5.74, 6) is -5.61. The van der Waals surface area contributed by atoms with Gasteiger partial charge in [-0.1, -0.05) is 0 Å². The molecule has 1 aliphatic heterocycles. The zero-order chi connectivity index (χ0) is 25.6. The number of nitrogens with zero attached hydrogens (tertiary/aromatic N) is 1. The molecule has 1 rings (SSSR count). The van der Waals surface area contributed by atoms with Gasteiger partial charge in [0.15, 0.2) is 6.29 Å². The van der Waals surface area contributed by atoms with E-state index in [-0.39, 0.29) is 6.54 Å². The number of carboxylic acids is 1. The number of carboxylic acid groups (broad SMARTS) is 1.